The molecule has 0 spiro atoms. The topological polar surface area (TPSA) is 156 Å². The number of sulfonamides is 2. The molecule has 2 atom stereocenters. The van der Waals surface area contributed by atoms with Crippen LogP contribution < -0.4 is 10.0 Å². The van der Waals surface area contributed by atoms with E-state index < -0.39 is 50.4 Å². The van der Waals surface area contributed by atoms with Crippen molar-refractivity contribution in [3.05, 3.63) is 48.8 Å². The van der Waals surface area contributed by atoms with E-state index in [9.17, 15) is 26.4 Å². The van der Waals surface area contributed by atoms with E-state index in [1.165, 1.54) is 24.5 Å². The van der Waals surface area contributed by atoms with Crippen molar-refractivity contribution in [2.45, 2.75) is 73.5 Å². The highest BCUT2D eigenvalue weighted by Crippen LogP contribution is 2.28. The van der Waals surface area contributed by atoms with Crippen LogP contribution in [0.2, 0.25) is 0 Å². The summed E-state index contributed by atoms with van der Waals surface area (Å²) in [6.07, 6.45) is 8.57. The molecular formula is C25H33N5O6S2. The summed E-state index contributed by atoms with van der Waals surface area (Å²) in [7, 11) is -8.05. The summed E-state index contributed by atoms with van der Waals surface area (Å²) in [6, 6.07) is 7.00. The Balaban J connectivity index is 1.48. The van der Waals surface area contributed by atoms with Gasteiger partial charge in [-0.2, -0.15) is 9.03 Å². The van der Waals surface area contributed by atoms with Gasteiger partial charge >= 0.3 is 0 Å². The molecule has 13 heteroatoms. The van der Waals surface area contributed by atoms with Crippen molar-refractivity contribution in [3.8, 4) is 0 Å². The Morgan fingerprint density at radius 3 is 2.21 bits per heavy atom. The Hall–Kier alpha value is -2.74. The Labute approximate surface area is 223 Å². The number of carbonyl (C=O) groups excluding carboxylic acids is 2. The van der Waals surface area contributed by atoms with Crippen LogP contribution in [0.15, 0.2) is 58.8 Å². The maximum atomic E-state index is 13.4. The van der Waals surface area contributed by atoms with Gasteiger partial charge < -0.3 is 5.32 Å². The van der Waals surface area contributed by atoms with Crippen LogP contribution in [0.5, 0.6) is 0 Å². The summed E-state index contributed by atoms with van der Waals surface area (Å²) in [5.41, 5.74) is 0. The average molecular weight is 564 g/mol. The smallest absolute Gasteiger partial charge is 0.260 e. The van der Waals surface area contributed by atoms with Crippen LogP contribution in [-0.2, 0) is 29.6 Å². The van der Waals surface area contributed by atoms with Crippen LogP contribution in [-0.4, -0.2) is 68.0 Å². The molecule has 1 amide bonds. The number of amides is 1. The van der Waals surface area contributed by atoms with E-state index in [1.807, 2.05) is 0 Å². The molecule has 1 aliphatic heterocycles. The average Bonchev–Trinajstić information content (AvgIpc) is 3.11. The highest BCUT2D eigenvalue weighted by Gasteiger charge is 2.36. The molecule has 2 fully saturated rings. The molecule has 0 bridgehead atoms. The second kappa shape index (κ2) is 12.4. The Morgan fingerprint density at radius 1 is 0.921 bits per heavy atom. The van der Waals surface area contributed by atoms with Crippen molar-refractivity contribution < 1.29 is 26.4 Å². The van der Waals surface area contributed by atoms with E-state index in [1.54, 1.807) is 24.3 Å². The van der Waals surface area contributed by atoms with Gasteiger partial charge in [0.1, 0.15) is 6.04 Å². The number of Topliss-reactive ketones (excluding diaryl/α,β-unsaturated/α-hetero) is 1. The fourth-order valence-electron chi connectivity index (χ4n) is 4.98. The van der Waals surface area contributed by atoms with E-state index in [2.05, 4.69) is 20.0 Å². The third-order valence-corrected chi connectivity index (χ3v) is 10.1. The molecule has 1 saturated heterocycles. The number of aromatic nitrogens is 2. The van der Waals surface area contributed by atoms with Crippen LogP contribution in [0, 0.1) is 5.92 Å². The van der Waals surface area contributed by atoms with Crippen LogP contribution in [0.4, 0.5) is 0 Å². The predicted octanol–water partition coefficient (Wildman–Crippen LogP) is 1.63. The molecule has 4 rings (SSSR count). The molecule has 0 unspecified atom stereocenters. The molecule has 38 heavy (non-hydrogen) atoms. The van der Waals surface area contributed by atoms with E-state index in [4.69, 9.17) is 0 Å². The summed E-state index contributed by atoms with van der Waals surface area (Å²) in [4.78, 5) is 34.3. The minimum absolute atomic E-state index is 0.106. The minimum atomic E-state index is -4.08. The van der Waals surface area contributed by atoms with Gasteiger partial charge in [-0.15, -0.1) is 0 Å². The van der Waals surface area contributed by atoms with Crippen LogP contribution >= 0.6 is 0 Å². The number of carbonyl (C=O) groups is 2. The number of pyridine rings is 2. The molecule has 206 valence electrons. The first kappa shape index (κ1) is 28.3. The molecule has 0 aromatic carbocycles. The number of hydrogen-bond donors (Lipinski definition) is 2. The molecule has 2 N–H and O–H groups in total. The lowest BCUT2D eigenvalue weighted by molar-refractivity contribution is -0.128. The van der Waals surface area contributed by atoms with Gasteiger partial charge in [-0.05, 0) is 49.4 Å². The number of ketones is 1. The van der Waals surface area contributed by atoms with E-state index in [0.717, 1.165) is 36.4 Å². The molecule has 11 nitrogen and oxygen atoms in total. The Bertz CT molecular complexity index is 1320. The predicted molar refractivity (Wildman–Crippen MR) is 139 cm³/mol. The fraction of sp³-hybridized carbons (Fsp3) is 0.520. The van der Waals surface area contributed by atoms with Crippen molar-refractivity contribution in [1.82, 2.24) is 24.3 Å². The largest absolute Gasteiger partial charge is 0.345 e. The molecule has 1 saturated carbocycles. The summed E-state index contributed by atoms with van der Waals surface area (Å²) in [6.45, 7) is -0.300. The second-order valence-corrected chi connectivity index (χ2v) is 13.3. The maximum Gasteiger partial charge on any atom is 0.260 e. The lowest BCUT2D eigenvalue weighted by Crippen LogP contribution is -2.53. The Kier molecular flexibility index (Phi) is 9.23. The normalized spacial score (nSPS) is 20.9. The van der Waals surface area contributed by atoms with Crippen molar-refractivity contribution >= 4 is 31.7 Å². The van der Waals surface area contributed by atoms with E-state index in [-0.39, 0.29) is 28.9 Å². The molecule has 1 aliphatic carbocycles. The second-order valence-electron chi connectivity index (χ2n) is 9.76. The highest BCUT2D eigenvalue weighted by molar-refractivity contribution is 7.89. The van der Waals surface area contributed by atoms with E-state index >= 15 is 0 Å². The molecule has 2 aromatic heterocycles. The minimum Gasteiger partial charge on any atom is -0.345 e. The van der Waals surface area contributed by atoms with Gasteiger partial charge in [-0.3, -0.25) is 9.59 Å². The van der Waals surface area contributed by atoms with Crippen molar-refractivity contribution in [1.29, 1.82) is 0 Å². The fourth-order valence-corrected chi connectivity index (χ4v) is 7.51. The SMILES string of the molecule is O=C1CN(S(=O)(=O)c2ccccn2)CCC[C@@H]1NC(=O)[C@H](CC1CCCCC1)NS(=O)(=O)c1ccccn1. The first-order chi connectivity index (χ1) is 18.2. The molecule has 0 radical (unpaired) electrons. The van der Waals surface area contributed by atoms with Gasteiger partial charge in [-0.25, -0.2) is 26.8 Å². The van der Waals surface area contributed by atoms with Gasteiger partial charge in [0.25, 0.3) is 20.0 Å². The monoisotopic (exact) mass is 563 g/mol. The lowest BCUT2D eigenvalue weighted by Gasteiger charge is -2.27. The van der Waals surface area contributed by atoms with Crippen molar-refractivity contribution in [3.63, 3.8) is 0 Å². The number of nitrogens with one attached hydrogen (secondary N) is 2. The standard InChI is InChI=1S/C25H33N5O6S2/c31-22-18-30(38(35,36)24-13-5-7-15-27-24)16-8-11-20(22)28-25(32)21(17-19-9-2-1-3-10-19)29-37(33,34)23-12-4-6-14-26-23/h4-7,12-15,19-21,29H,1-3,8-11,16-18H2,(H,28,32)/t20-,21-/m0/s1. The third kappa shape index (κ3) is 7.01. The molecule has 2 aliphatic rings. The highest BCUT2D eigenvalue weighted by atomic mass is 32.2. The lowest BCUT2D eigenvalue weighted by atomic mass is 9.85. The van der Waals surface area contributed by atoms with Crippen LogP contribution in [0.3, 0.4) is 0 Å². The van der Waals surface area contributed by atoms with Gasteiger partial charge in [0, 0.05) is 18.9 Å². The molecular weight excluding hydrogens is 530 g/mol. The maximum absolute atomic E-state index is 13.4. The number of hydrogen-bond acceptors (Lipinski definition) is 8. The molecule has 2 aromatic rings. The zero-order valence-corrected chi connectivity index (χ0v) is 22.7. The zero-order valence-electron chi connectivity index (χ0n) is 21.0. The number of rotatable bonds is 9. The summed E-state index contributed by atoms with van der Waals surface area (Å²) in [5.74, 6) is -0.886. The molecule has 3 heterocycles. The quantitative estimate of drug-likeness (QED) is 0.466. The van der Waals surface area contributed by atoms with Gasteiger partial charge in [0.05, 0.1) is 12.6 Å². The van der Waals surface area contributed by atoms with Gasteiger partial charge in [0.15, 0.2) is 15.8 Å². The Morgan fingerprint density at radius 2 is 1.58 bits per heavy atom. The summed E-state index contributed by atoms with van der Waals surface area (Å²) < 4.78 is 55.5. The summed E-state index contributed by atoms with van der Waals surface area (Å²) >= 11 is 0. The van der Waals surface area contributed by atoms with Crippen molar-refractivity contribution in [2.75, 3.05) is 13.1 Å². The third-order valence-electron chi connectivity index (χ3n) is 7.00. The van der Waals surface area contributed by atoms with Crippen molar-refractivity contribution in [2.24, 2.45) is 5.92 Å². The zero-order chi connectivity index (χ0) is 27.2. The van der Waals surface area contributed by atoms with E-state index in [0.29, 0.717) is 12.8 Å². The number of nitrogens with zero attached hydrogens (tertiary/aromatic N) is 3. The van der Waals surface area contributed by atoms with Crippen LogP contribution in [0.25, 0.3) is 0 Å². The first-order valence-electron chi connectivity index (χ1n) is 12.8. The van der Waals surface area contributed by atoms with Gasteiger partial charge in [-0.1, -0.05) is 44.2 Å². The summed E-state index contributed by atoms with van der Waals surface area (Å²) in [5, 5.41) is 2.37. The van der Waals surface area contributed by atoms with Crippen LogP contribution in [0.1, 0.15) is 51.4 Å². The first-order valence-corrected chi connectivity index (χ1v) is 15.8. The van der Waals surface area contributed by atoms with Gasteiger partial charge in [0.2, 0.25) is 5.91 Å².